The molecule has 7 rings (SSSR count). The highest BCUT2D eigenvalue weighted by Crippen LogP contribution is 2.41. The molecule has 0 spiro atoms. The summed E-state index contributed by atoms with van der Waals surface area (Å²) >= 11 is 0. The van der Waals surface area contributed by atoms with Gasteiger partial charge in [0, 0.05) is 31.6 Å². The van der Waals surface area contributed by atoms with Crippen LogP contribution in [-0.2, 0) is 35.4 Å². The Labute approximate surface area is 258 Å². The number of rotatable bonds is 7. The third kappa shape index (κ3) is 5.34. The highest BCUT2D eigenvalue weighted by molar-refractivity contribution is 5.91. The summed E-state index contributed by atoms with van der Waals surface area (Å²) in [6.07, 6.45) is 9.81. The van der Waals surface area contributed by atoms with E-state index in [1.807, 2.05) is 0 Å². The predicted molar refractivity (Wildman–Crippen MR) is 164 cm³/mol. The second-order valence-corrected chi connectivity index (χ2v) is 13.0. The minimum atomic E-state index is -1.00. The fourth-order valence-corrected chi connectivity index (χ4v) is 8.26. The lowest BCUT2D eigenvalue weighted by atomic mass is 9.85. The third-order valence-corrected chi connectivity index (χ3v) is 10.5. The average Bonchev–Trinajstić information content (AvgIpc) is 3.63. The van der Waals surface area contributed by atoms with Crippen molar-refractivity contribution in [1.29, 1.82) is 0 Å². The Kier molecular flexibility index (Phi) is 8.02. The molecular weight excluding hydrogens is 559 g/mol. The number of aryl methyl sites for hydroxylation is 1. The molecule has 2 atom stereocenters. The largest absolute Gasteiger partial charge is 0.461 e. The topological polar surface area (TPSA) is 75.4 Å². The van der Waals surface area contributed by atoms with Crippen LogP contribution in [-0.4, -0.2) is 83.1 Å². The van der Waals surface area contributed by atoms with E-state index in [0.29, 0.717) is 38.7 Å². The molecule has 3 fully saturated rings. The molecule has 1 amide bonds. The van der Waals surface area contributed by atoms with Crippen LogP contribution in [0.1, 0.15) is 72.6 Å². The number of anilines is 1. The Bertz CT molecular complexity index is 1480. The van der Waals surface area contributed by atoms with Crippen LogP contribution >= 0.6 is 0 Å². The van der Waals surface area contributed by atoms with Crippen molar-refractivity contribution < 1.29 is 18.7 Å². The molecule has 0 saturated carbocycles. The minimum absolute atomic E-state index is 0.0651. The highest BCUT2D eigenvalue weighted by atomic mass is 19.1. The molecule has 2 aromatic rings. The molecule has 5 aliphatic rings. The van der Waals surface area contributed by atoms with E-state index in [4.69, 9.17) is 26.0 Å². The van der Waals surface area contributed by atoms with Gasteiger partial charge in [-0.15, -0.1) is 0 Å². The number of fused-ring (bicyclic) bond motifs is 3. The first-order valence-corrected chi connectivity index (χ1v) is 16.2. The molecule has 0 unspecified atom stereocenters. The van der Waals surface area contributed by atoms with Crippen molar-refractivity contribution in [2.75, 3.05) is 50.8 Å². The lowest BCUT2D eigenvalue weighted by Gasteiger charge is -2.41. The molecule has 0 bridgehead atoms. The fraction of sp³-hybridized carbons (Fsp3) is 0.588. The number of benzene rings is 1. The standard InChI is InChI=1S/C34H41FN6O3/c1-23(35)32(42)41-17-16-39(20-25(41)19-36-2)31-28-21-43-30(27-11-5-9-24-8-3-4-10-26(24)27)18-29(28)37-33(38-31)44-22-34-12-6-14-40(34)15-7-13-34/h5,9,11,25,30H,1,3-4,6-8,10,12-22H2/t25-,30-/m0/s1. The molecule has 9 nitrogen and oxygen atoms in total. The number of ether oxygens (including phenoxy) is 2. The number of carbonyl (C=O) groups excluding carboxylic acids is 1. The van der Waals surface area contributed by atoms with Crippen molar-refractivity contribution in [3.63, 3.8) is 0 Å². The molecule has 1 aromatic carbocycles. The zero-order valence-corrected chi connectivity index (χ0v) is 25.4. The van der Waals surface area contributed by atoms with E-state index in [1.54, 1.807) is 0 Å². The van der Waals surface area contributed by atoms with Crippen molar-refractivity contribution in [2.45, 2.75) is 82.1 Å². The monoisotopic (exact) mass is 600 g/mol. The first kappa shape index (κ1) is 29.2. The lowest BCUT2D eigenvalue weighted by Crippen LogP contribution is -2.57. The van der Waals surface area contributed by atoms with E-state index in [9.17, 15) is 9.18 Å². The predicted octanol–water partition coefficient (Wildman–Crippen LogP) is 4.60. The van der Waals surface area contributed by atoms with Crippen molar-refractivity contribution >= 4 is 11.7 Å². The van der Waals surface area contributed by atoms with Gasteiger partial charge in [0.05, 0.1) is 23.9 Å². The number of hydrogen-bond acceptors (Lipinski definition) is 7. The van der Waals surface area contributed by atoms with Crippen molar-refractivity contribution in [3.05, 3.63) is 70.0 Å². The molecule has 44 heavy (non-hydrogen) atoms. The first-order chi connectivity index (χ1) is 21.5. The van der Waals surface area contributed by atoms with Crippen LogP contribution in [0.5, 0.6) is 6.01 Å². The van der Waals surface area contributed by atoms with Crippen LogP contribution in [0, 0.1) is 6.57 Å². The molecule has 1 aliphatic carbocycles. The summed E-state index contributed by atoms with van der Waals surface area (Å²) in [6.45, 7) is 15.0. The fourth-order valence-electron chi connectivity index (χ4n) is 8.26. The summed E-state index contributed by atoms with van der Waals surface area (Å²) in [6, 6.07) is 6.50. The average molecular weight is 601 g/mol. The number of aromatic nitrogens is 2. The van der Waals surface area contributed by atoms with Gasteiger partial charge in [-0.25, -0.2) is 11.0 Å². The SMILES string of the molecule is [C-]#[N+]C[C@H]1CN(c2nc(OCC34CCCN3CCC4)nc3c2CO[C@H](c2cccc4c2CCCC4)C3)CCN1C(=O)C(=C)F. The van der Waals surface area contributed by atoms with Crippen molar-refractivity contribution in [3.8, 4) is 6.01 Å². The number of hydrogen-bond donors (Lipinski definition) is 0. The van der Waals surface area contributed by atoms with Gasteiger partial charge in [-0.3, -0.25) is 9.69 Å². The smallest absolute Gasteiger partial charge is 0.318 e. The summed E-state index contributed by atoms with van der Waals surface area (Å²) in [5.41, 5.74) is 6.04. The van der Waals surface area contributed by atoms with Crippen LogP contribution in [0.15, 0.2) is 30.6 Å². The maximum absolute atomic E-state index is 13.8. The zero-order valence-electron chi connectivity index (χ0n) is 25.4. The van der Waals surface area contributed by atoms with Gasteiger partial charge in [0.2, 0.25) is 6.54 Å². The summed E-state index contributed by atoms with van der Waals surface area (Å²) in [5, 5.41) is 0. The van der Waals surface area contributed by atoms with Crippen LogP contribution < -0.4 is 9.64 Å². The summed E-state index contributed by atoms with van der Waals surface area (Å²) < 4.78 is 26.9. The molecule has 1 aromatic heterocycles. The molecule has 0 radical (unpaired) electrons. The molecular formula is C34H41FN6O3. The normalized spacial score (nSPS) is 24.3. The molecule has 232 valence electrons. The maximum Gasteiger partial charge on any atom is 0.318 e. The summed E-state index contributed by atoms with van der Waals surface area (Å²) in [7, 11) is 0. The Morgan fingerprint density at radius 1 is 1.11 bits per heavy atom. The zero-order chi connectivity index (χ0) is 30.3. The lowest BCUT2D eigenvalue weighted by molar-refractivity contribution is -0.131. The van der Waals surface area contributed by atoms with Gasteiger partial charge in [-0.05, 0) is 81.1 Å². The van der Waals surface area contributed by atoms with Gasteiger partial charge in [0.1, 0.15) is 18.5 Å². The van der Waals surface area contributed by atoms with Gasteiger partial charge >= 0.3 is 6.01 Å². The van der Waals surface area contributed by atoms with E-state index in [0.717, 1.165) is 55.8 Å². The summed E-state index contributed by atoms with van der Waals surface area (Å²) in [5.74, 6) is -1.02. The van der Waals surface area contributed by atoms with E-state index in [-0.39, 0.29) is 24.7 Å². The van der Waals surface area contributed by atoms with E-state index >= 15 is 0 Å². The van der Waals surface area contributed by atoms with Gasteiger partial charge < -0.3 is 24.1 Å². The summed E-state index contributed by atoms with van der Waals surface area (Å²) in [4.78, 5) is 32.2. The van der Waals surface area contributed by atoms with Crippen LogP contribution in [0.3, 0.4) is 0 Å². The molecule has 10 heteroatoms. The van der Waals surface area contributed by atoms with Crippen LogP contribution in [0.25, 0.3) is 4.85 Å². The van der Waals surface area contributed by atoms with E-state index in [2.05, 4.69) is 39.4 Å². The van der Waals surface area contributed by atoms with E-state index in [1.165, 1.54) is 47.3 Å². The number of halogens is 1. The molecule has 0 N–H and O–H groups in total. The Hall–Kier alpha value is -3.55. The van der Waals surface area contributed by atoms with E-state index < -0.39 is 17.8 Å². The van der Waals surface area contributed by atoms with Gasteiger partial charge in [-0.1, -0.05) is 24.8 Å². The number of nitrogens with zero attached hydrogens (tertiary/aromatic N) is 6. The third-order valence-electron chi connectivity index (χ3n) is 10.5. The minimum Gasteiger partial charge on any atom is -0.461 e. The molecule has 4 aliphatic heterocycles. The van der Waals surface area contributed by atoms with Crippen LogP contribution in [0.2, 0.25) is 0 Å². The van der Waals surface area contributed by atoms with Crippen LogP contribution in [0.4, 0.5) is 10.2 Å². The Morgan fingerprint density at radius 2 is 1.93 bits per heavy atom. The van der Waals surface area contributed by atoms with Crippen molar-refractivity contribution in [1.82, 2.24) is 19.8 Å². The van der Waals surface area contributed by atoms with Gasteiger partial charge in [0.15, 0.2) is 5.83 Å². The number of amides is 1. The first-order valence-electron chi connectivity index (χ1n) is 16.2. The number of piperazine rings is 1. The number of carbonyl (C=O) groups is 1. The molecule has 3 saturated heterocycles. The maximum atomic E-state index is 13.8. The molecule has 5 heterocycles. The van der Waals surface area contributed by atoms with Gasteiger partial charge in [-0.2, -0.15) is 9.97 Å². The quantitative estimate of drug-likeness (QED) is 0.340. The highest BCUT2D eigenvalue weighted by Gasteiger charge is 2.45. The Balaban J connectivity index is 1.20. The van der Waals surface area contributed by atoms with Crippen molar-refractivity contribution in [2.24, 2.45) is 0 Å². The van der Waals surface area contributed by atoms with Gasteiger partial charge in [0.25, 0.3) is 5.91 Å². The second-order valence-electron chi connectivity index (χ2n) is 13.0. The second kappa shape index (κ2) is 12.1. The Morgan fingerprint density at radius 3 is 2.73 bits per heavy atom.